The number of halogens is 3. The van der Waals surface area contributed by atoms with Crippen LogP contribution in [0.15, 0.2) is 42.5 Å². The quantitative estimate of drug-likeness (QED) is 0.693. The Morgan fingerprint density at radius 2 is 1.74 bits per heavy atom. The lowest BCUT2D eigenvalue weighted by Crippen LogP contribution is -2.48. The first-order valence-corrected chi connectivity index (χ1v) is 9.71. The van der Waals surface area contributed by atoms with Crippen LogP contribution in [0.2, 0.25) is 15.1 Å². The summed E-state index contributed by atoms with van der Waals surface area (Å²) in [5.74, 6) is -0.417. The van der Waals surface area contributed by atoms with Gasteiger partial charge in [0.15, 0.2) is 0 Å². The molecule has 27 heavy (non-hydrogen) atoms. The molecule has 144 valence electrons. The summed E-state index contributed by atoms with van der Waals surface area (Å²) in [6, 6.07) is 11.7. The van der Waals surface area contributed by atoms with Gasteiger partial charge < -0.3 is 10.2 Å². The third-order valence-electron chi connectivity index (χ3n) is 4.16. The Morgan fingerprint density at radius 3 is 2.37 bits per heavy atom. The van der Waals surface area contributed by atoms with E-state index in [4.69, 9.17) is 34.8 Å². The molecule has 0 bridgehead atoms. The predicted octanol–water partition coefficient (Wildman–Crippen LogP) is 4.74. The van der Waals surface area contributed by atoms with E-state index < -0.39 is 6.04 Å². The van der Waals surface area contributed by atoms with Crippen molar-refractivity contribution in [3.63, 3.8) is 0 Å². The van der Waals surface area contributed by atoms with Crippen LogP contribution in [-0.2, 0) is 22.6 Å². The minimum atomic E-state index is -0.642. The van der Waals surface area contributed by atoms with E-state index in [1.54, 1.807) is 31.2 Å². The van der Waals surface area contributed by atoms with E-state index in [0.29, 0.717) is 21.6 Å². The maximum atomic E-state index is 13.0. The minimum Gasteiger partial charge on any atom is -0.355 e. The lowest BCUT2D eigenvalue weighted by molar-refractivity contribution is -0.140. The van der Waals surface area contributed by atoms with E-state index in [1.165, 1.54) is 4.90 Å². The molecule has 2 aromatic rings. The number of hydrogen-bond donors (Lipinski definition) is 1. The molecule has 1 N–H and O–H groups in total. The molecular weight excluding hydrogens is 407 g/mol. The monoisotopic (exact) mass is 426 g/mol. The van der Waals surface area contributed by atoms with Gasteiger partial charge in [0.25, 0.3) is 0 Å². The van der Waals surface area contributed by atoms with Crippen molar-refractivity contribution < 1.29 is 9.59 Å². The van der Waals surface area contributed by atoms with Gasteiger partial charge in [-0.25, -0.2) is 0 Å². The zero-order valence-corrected chi connectivity index (χ0v) is 17.4. The Hall–Kier alpha value is -1.75. The van der Waals surface area contributed by atoms with E-state index in [-0.39, 0.29) is 24.8 Å². The molecule has 0 saturated carbocycles. The van der Waals surface area contributed by atoms with Crippen LogP contribution in [0.1, 0.15) is 25.0 Å². The highest BCUT2D eigenvalue weighted by Crippen LogP contribution is 2.24. The minimum absolute atomic E-state index is 0.102. The summed E-state index contributed by atoms with van der Waals surface area (Å²) >= 11 is 18.2. The van der Waals surface area contributed by atoms with Gasteiger partial charge in [0, 0.05) is 18.1 Å². The van der Waals surface area contributed by atoms with Crippen molar-refractivity contribution in [2.45, 2.75) is 32.9 Å². The Bertz CT molecular complexity index is 827. The van der Waals surface area contributed by atoms with E-state index >= 15 is 0 Å². The maximum absolute atomic E-state index is 13.0. The van der Waals surface area contributed by atoms with Gasteiger partial charge in [-0.05, 0) is 43.2 Å². The van der Waals surface area contributed by atoms with Gasteiger partial charge >= 0.3 is 0 Å². The lowest BCUT2D eigenvalue weighted by Gasteiger charge is -2.29. The molecule has 0 spiro atoms. The van der Waals surface area contributed by atoms with Crippen molar-refractivity contribution >= 4 is 46.6 Å². The number of carbonyl (C=O) groups excluding carboxylic acids is 2. The van der Waals surface area contributed by atoms with Gasteiger partial charge in [-0.1, -0.05) is 59.1 Å². The molecule has 0 fully saturated rings. The van der Waals surface area contributed by atoms with Crippen LogP contribution in [0.5, 0.6) is 0 Å². The zero-order valence-electron chi connectivity index (χ0n) is 15.1. The number of nitrogens with zero attached hydrogens (tertiary/aromatic N) is 1. The molecule has 0 aliphatic carbocycles. The first-order valence-electron chi connectivity index (χ1n) is 8.58. The zero-order chi connectivity index (χ0) is 20.0. The Balaban J connectivity index is 2.26. The Morgan fingerprint density at radius 1 is 1.04 bits per heavy atom. The maximum Gasteiger partial charge on any atom is 0.242 e. The first-order chi connectivity index (χ1) is 12.8. The van der Waals surface area contributed by atoms with Gasteiger partial charge in [0.05, 0.1) is 16.5 Å². The molecule has 0 aliphatic heterocycles. The van der Waals surface area contributed by atoms with Crippen LogP contribution >= 0.6 is 34.8 Å². The van der Waals surface area contributed by atoms with Crippen molar-refractivity contribution in [1.29, 1.82) is 0 Å². The summed E-state index contributed by atoms with van der Waals surface area (Å²) in [6.07, 6.45) is 0.102. The Kier molecular flexibility index (Phi) is 7.96. The normalized spacial score (nSPS) is 11.7. The van der Waals surface area contributed by atoms with Gasteiger partial charge in [-0.2, -0.15) is 0 Å². The van der Waals surface area contributed by atoms with Crippen molar-refractivity contribution in [2.24, 2.45) is 0 Å². The highest BCUT2D eigenvalue weighted by molar-refractivity contribution is 6.42. The predicted molar refractivity (Wildman–Crippen MR) is 110 cm³/mol. The molecule has 2 aromatic carbocycles. The summed E-state index contributed by atoms with van der Waals surface area (Å²) in [4.78, 5) is 26.9. The number of hydrogen-bond acceptors (Lipinski definition) is 2. The van der Waals surface area contributed by atoms with Crippen molar-refractivity contribution in [1.82, 2.24) is 10.2 Å². The molecule has 0 aromatic heterocycles. The average Bonchev–Trinajstić information content (AvgIpc) is 2.63. The largest absolute Gasteiger partial charge is 0.355 e. The van der Waals surface area contributed by atoms with Gasteiger partial charge in [-0.3, -0.25) is 9.59 Å². The number of amides is 2. The molecule has 0 radical (unpaired) electrons. The fraction of sp³-hybridized carbons (Fsp3) is 0.300. The van der Waals surface area contributed by atoms with Crippen LogP contribution in [-0.4, -0.2) is 29.3 Å². The summed E-state index contributed by atoms with van der Waals surface area (Å²) < 4.78 is 0. The van der Waals surface area contributed by atoms with Gasteiger partial charge in [-0.15, -0.1) is 0 Å². The topological polar surface area (TPSA) is 49.4 Å². The lowest BCUT2D eigenvalue weighted by atomic mass is 10.1. The molecule has 0 heterocycles. The highest BCUT2D eigenvalue weighted by atomic mass is 35.5. The number of nitrogens with one attached hydrogen (secondary N) is 1. The molecule has 2 rings (SSSR count). The fourth-order valence-electron chi connectivity index (χ4n) is 2.64. The fourth-order valence-corrected chi connectivity index (χ4v) is 3.16. The molecule has 0 unspecified atom stereocenters. The molecule has 7 heteroatoms. The molecule has 2 amide bonds. The SMILES string of the molecule is CCNC(=O)[C@@H](C)N(Cc1ccccc1Cl)C(=O)Cc1ccc(Cl)c(Cl)c1. The third kappa shape index (κ3) is 5.86. The van der Waals surface area contributed by atoms with Crippen LogP contribution in [0.3, 0.4) is 0 Å². The van der Waals surface area contributed by atoms with Crippen LogP contribution < -0.4 is 5.32 Å². The van der Waals surface area contributed by atoms with Crippen molar-refractivity contribution in [3.05, 3.63) is 68.7 Å². The molecule has 1 atom stereocenters. The second kappa shape index (κ2) is 9.98. The number of carbonyl (C=O) groups is 2. The standard InChI is InChI=1S/C20H21Cl3N2O2/c1-3-24-20(27)13(2)25(12-15-6-4-5-7-16(15)21)19(26)11-14-8-9-17(22)18(23)10-14/h4-10,13H,3,11-12H2,1-2H3,(H,24,27)/t13-/m1/s1. The van der Waals surface area contributed by atoms with E-state index in [2.05, 4.69) is 5.32 Å². The summed E-state index contributed by atoms with van der Waals surface area (Å²) in [7, 11) is 0. The van der Waals surface area contributed by atoms with E-state index in [1.807, 2.05) is 25.1 Å². The van der Waals surface area contributed by atoms with Gasteiger partial charge in [0.1, 0.15) is 6.04 Å². The number of rotatable bonds is 7. The highest BCUT2D eigenvalue weighted by Gasteiger charge is 2.26. The molecule has 4 nitrogen and oxygen atoms in total. The smallest absolute Gasteiger partial charge is 0.242 e. The van der Waals surface area contributed by atoms with Crippen LogP contribution in [0.25, 0.3) is 0 Å². The van der Waals surface area contributed by atoms with E-state index in [0.717, 1.165) is 11.1 Å². The van der Waals surface area contributed by atoms with E-state index in [9.17, 15) is 9.59 Å². The average molecular weight is 428 g/mol. The number of benzene rings is 2. The molecule has 0 saturated heterocycles. The number of likely N-dealkylation sites (N-methyl/N-ethyl adjacent to an activating group) is 1. The van der Waals surface area contributed by atoms with Gasteiger partial charge in [0.2, 0.25) is 11.8 Å². The summed E-state index contributed by atoms with van der Waals surface area (Å²) in [5, 5.41) is 4.12. The Labute approximate surface area is 174 Å². The van der Waals surface area contributed by atoms with Crippen molar-refractivity contribution in [2.75, 3.05) is 6.54 Å². The third-order valence-corrected chi connectivity index (χ3v) is 5.26. The second-order valence-electron chi connectivity index (χ2n) is 6.11. The second-order valence-corrected chi connectivity index (χ2v) is 7.33. The van der Waals surface area contributed by atoms with Crippen LogP contribution in [0.4, 0.5) is 0 Å². The summed E-state index contributed by atoms with van der Waals surface area (Å²) in [5.41, 5.74) is 1.50. The summed E-state index contributed by atoms with van der Waals surface area (Å²) in [6.45, 7) is 4.26. The molecular formula is C20H21Cl3N2O2. The van der Waals surface area contributed by atoms with Crippen LogP contribution in [0, 0.1) is 0 Å². The molecule has 0 aliphatic rings. The first kappa shape index (κ1) is 21.5. The van der Waals surface area contributed by atoms with Crippen molar-refractivity contribution in [3.8, 4) is 0 Å².